The first kappa shape index (κ1) is 14.8. The molecule has 0 saturated heterocycles. The molecular formula is C16H14N2O5. The first-order valence-electron chi connectivity index (χ1n) is 6.89. The van der Waals surface area contributed by atoms with Crippen LogP contribution in [0.3, 0.4) is 0 Å². The molecule has 0 bridgehead atoms. The van der Waals surface area contributed by atoms with Gasteiger partial charge in [0.25, 0.3) is 5.56 Å². The molecule has 1 N–H and O–H groups in total. The van der Waals surface area contributed by atoms with E-state index in [9.17, 15) is 14.4 Å². The van der Waals surface area contributed by atoms with Gasteiger partial charge in [-0.1, -0.05) is 0 Å². The van der Waals surface area contributed by atoms with Crippen LogP contribution in [-0.2, 0) is 20.9 Å². The van der Waals surface area contributed by atoms with Crippen molar-refractivity contribution < 1.29 is 19.1 Å². The number of benzene rings is 1. The summed E-state index contributed by atoms with van der Waals surface area (Å²) in [6.45, 7) is 1.29. The number of nitrogens with zero attached hydrogens (tertiary/aromatic N) is 1. The fraction of sp³-hybridized carbons (Fsp3) is 0.188. The fourth-order valence-corrected chi connectivity index (χ4v) is 2.55. The Morgan fingerprint density at radius 2 is 2.09 bits per heavy atom. The van der Waals surface area contributed by atoms with Crippen LogP contribution in [0.15, 0.2) is 35.3 Å². The standard InChI is InChI=1S/C16H14N2O5/c1-9(19)23-8-11-6-10(16(21)22-2)7-12-14(11)18-5-3-4-13(18)15(20)17-12/h3-7H,8H2,1-2H3,(H,17,20). The molecule has 3 rings (SSSR count). The Bertz CT molecular complexity index is 983. The lowest BCUT2D eigenvalue weighted by Crippen LogP contribution is -2.13. The maximum atomic E-state index is 12.1. The summed E-state index contributed by atoms with van der Waals surface area (Å²) in [5.74, 6) is -0.973. The van der Waals surface area contributed by atoms with E-state index < -0.39 is 11.9 Å². The van der Waals surface area contributed by atoms with E-state index in [-0.39, 0.29) is 17.7 Å². The average molecular weight is 314 g/mol. The van der Waals surface area contributed by atoms with Crippen LogP contribution in [-0.4, -0.2) is 28.4 Å². The number of carbonyl (C=O) groups excluding carboxylic acids is 2. The average Bonchev–Trinajstić information content (AvgIpc) is 3.01. The van der Waals surface area contributed by atoms with Crippen LogP contribution in [0, 0.1) is 0 Å². The van der Waals surface area contributed by atoms with Gasteiger partial charge in [0.15, 0.2) is 0 Å². The third-order valence-corrected chi connectivity index (χ3v) is 3.51. The van der Waals surface area contributed by atoms with Crippen molar-refractivity contribution in [2.45, 2.75) is 13.5 Å². The molecule has 0 unspecified atom stereocenters. The number of nitrogens with one attached hydrogen (secondary N) is 1. The summed E-state index contributed by atoms with van der Waals surface area (Å²) in [7, 11) is 1.27. The van der Waals surface area contributed by atoms with Crippen LogP contribution >= 0.6 is 0 Å². The first-order chi connectivity index (χ1) is 11.0. The summed E-state index contributed by atoms with van der Waals surface area (Å²) in [5, 5.41) is 0. The molecule has 0 amide bonds. The Morgan fingerprint density at radius 3 is 2.78 bits per heavy atom. The molecule has 2 heterocycles. The van der Waals surface area contributed by atoms with E-state index in [1.165, 1.54) is 14.0 Å². The number of H-pyrrole nitrogens is 1. The monoisotopic (exact) mass is 314 g/mol. The van der Waals surface area contributed by atoms with Gasteiger partial charge in [0.05, 0.1) is 23.7 Å². The van der Waals surface area contributed by atoms with Crippen LogP contribution in [0.1, 0.15) is 22.8 Å². The van der Waals surface area contributed by atoms with E-state index in [1.54, 1.807) is 34.9 Å². The molecular weight excluding hydrogens is 300 g/mol. The molecule has 2 aromatic heterocycles. The number of carbonyl (C=O) groups is 2. The Morgan fingerprint density at radius 1 is 1.30 bits per heavy atom. The van der Waals surface area contributed by atoms with E-state index in [4.69, 9.17) is 9.47 Å². The summed E-state index contributed by atoms with van der Waals surface area (Å²) in [5.41, 5.74) is 2.18. The number of esters is 2. The van der Waals surface area contributed by atoms with Crippen molar-refractivity contribution >= 4 is 28.5 Å². The molecule has 7 heteroatoms. The van der Waals surface area contributed by atoms with Gasteiger partial charge in [-0.3, -0.25) is 9.59 Å². The smallest absolute Gasteiger partial charge is 0.337 e. The lowest BCUT2D eigenvalue weighted by Gasteiger charge is -2.11. The highest BCUT2D eigenvalue weighted by Crippen LogP contribution is 2.22. The van der Waals surface area contributed by atoms with Crippen molar-refractivity contribution in [1.82, 2.24) is 9.38 Å². The second-order valence-corrected chi connectivity index (χ2v) is 5.02. The van der Waals surface area contributed by atoms with Gasteiger partial charge in [-0.15, -0.1) is 0 Å². The molecule has 0 aliphatic heterocycles. The predicted molar refractivity (Wildman–Crippen MR) is 82.3 cm³/mol. The van der Waals surface area contributed by atoms with Crippen molar-refractivity contribution in [3.8, 4) is 0 Å². The van der Waals surface area contributed by atoms with Gasteiger partial charge in [-0.05, 0) is 24.3 Å². The van der Waals surface area contributed by atoms with Gasteiger partial charge in [-0.25, -0.2) is 4.79 Å². The quantitative estimate of drug-likeness (QED) is 0.742. The highest BCUT2D eigenvalue weighted by atomic mass is 16.5. The van der Waals surface area contributed by atoms with Gasteiger partial charge in [0, 0.05) is 18.7 Å². The number of rotatable bonds is 3. The van der Waals surface area contributed by atoms with Gasteiger partial charge < -0.3 is 18.9 Å². The number of fused-ring (bicyclic) bond motifs is 3. The van der Waals surface area contributed by atoms with Gasteiger partial charge in [0.2, 0.25) is 0 Å². The normalized spacial score (nSPS) is 10.9. The number of aromatic amines is 1. The Balaban J connectivity index is 2.34. The zero-order valence-corrected chi connectivity index (χ0v) is 12.6. The van der Waals surface area contributed by atoms with Crippen molar-refractivity contribution in [3.63, 3.8) is 0 Å². The number of hydrogen-bond donors (Lipinski definition) is 1. The third-order valence-electron chi connectivity index (χ3n) is 3.51. The zero-order valence-electron chi connectivity index (χ0n) is 12.6. The highest BCUT2D eigenvalue weighted by Gasteiger charge is 2.15. The molecule has 0 aliphatic rings. The Kier molecular flexibility index (Phi) is 3.61. The Labute approximate surface area is 130 Å². The number of hydrogen-bond acceptors (Lipinski definition) is 5. The maximum Gasteiger partial charge on any atom is 0.337 e. The SMILES string of the molecule is COC(=O)c1cc(COC(C)=O)c2c(c1)[nH]c(=O)c1cccn12. The van der Waals surface area contributed by atoms with Crippen molar-refractivity contribution in [1.29, 1.82) is 0 Å². The van der Waals surface area contributed by atoms with Crippen LogP contribution in [0.5, 0.6) is 0 Å². The lowest BCUT2D eigenvalue weighted by atomic mass is 10.1. The van der Waals surface area contributed by atoms with Crippen molar-refractivity contribution in [2.24, 2.45) is 0 Å². The minimum atomic E-state index is -0.538. The minimum Gasteiger partial charge on any atom is -0.465 e. The molecule has 7 nitrogen and oxygen atoms in total. The fourth-order valence-electron chi connectivity index (χ4n) is 2.55. The van der Waals surface area contributed by atoms with Gasteiger partial charge in [0.1, 0.15) is 12.1 Å². The van der Waals surface area contributed by atoms with Gasteiger partial charge >= 0.3 is 11.9 Å². The van der Waals surface area contributed by atoms with Crippen molar-refractivity contribution in [3.05, 3.63) is 51.9 Å². The van der Waals surface area contributed by atoms with E-state index in [0.717, 1.165) is 0 Å². The lowest BCUT2D eigenvalue weighted by molar-refractivity contribution is -0.142. The first-order valence-corrected chi connectivity index (χ1v) is 6.89. The van der Waals surface area contributed by atoms with Gasteiger partial charge in [-0.2, -0.15) is 0 Å². The minimum absolute atomic E-state index is 0.0179. The molecule has 0 aliphatic carbocycles. The highest BCUT2D eigenvalue weighted by molar-refractivity contribution is 5.95. The van der Waals surface area contributed by atoms with Crippen LogP contribution in [0.2, 0.25) is 0 Å². The molecule has 0 radical (unpaired) electrons. The van der Waals surface area contributed by atoms with Crippen LogP contribution in [0.25, 0.3) is 16.6 Å². The zero-order chi connectivity index (χ0) is 16.6. The molecule has 0 spiro atoms. The summed E-state index contributed by atoms with van der Waals surface area (Å²) in [6.07, 6.45) is 1.74. The largest absolute Gasteiger partial charge is 0.465 e. The molecule has 3 aromatic rings. The molecule has 118 valence electrons. The maximum absolute atomic E-state index is 12.1. The molecule has 1 aromatic carbocycles. The number of methoxy groups -OCH3 is 1. The number of ether oxygens (including phenoxy) is 2. The summed E-state index contributed by atoms with van der Waals surface area (Å²) < 4.78 is 11.5. The topological polar surface area (TPSA) is 89.9 Å². The summed E-state index contributed by atoms with van der Waals surface area (Å²) >= 11 is 0. The second-order valence-electron chi connectivity index (χ2n) is 5.02. The van der Waals surface area contributed by atoms with E-state index >= 15 is 0 Å². The third kappa shape index (κ3) is 2.57. The number of aromatic nitrogens is 2. The second kappa shape index (κ2) is 5.60. The molecule has 0 fully saturated rings. The van der Waals surface area contributed by atoms with E-state index in [2.05, 4.69) is 4.98 Å². The van der Waals surface area contributed by atoms with Crippen LogP contribution < -0.4 is 5.56 Å². The molecule has 0 saturated carbocycles. The molecule has 0 atom stereocenters. The van der Waals surface area contributed by atoms with E-state index in [1.807, 2.05) is 0 Å². The predicted octanol–water partition coefficient (Wildman–Crippen LogP) is 1.63. The summed E-state index contributed by atoms with van der Waals surface area (Å²) in [6, 6.07) is 6.56. The Hall–Kier alpha value is -3.09. The molecule has 23 heavy (non-hydrogen) atoms. The van der Waals surface area contributed by atoms with E-state index in [0.29, 0.717) is 22.1 Å². The summed E-state index contributed by atoms with van der Waals surface area (Å²) in [4.78, 5) is 37.8. The van der Waals surface area contributed by atoms with Crippen LogP contribution in [0.4, 0.5) is 0 Å². The van der Waals surface area contributed by atoms with Crippen molar-refractivity contribution in [2.75, 3.05) is 7.11 Å².